The number of aliphatic carboxylic acids is 1. The average molecular weight is 472 g/mol. The van der Waals surface area contributed by atoms with Gasteiger partial charge in [-0.05, 0) is 64.6 Å². The highest BCUT2D eigenvalue weighted by Crippen LogP contribution is 2.30. The zero-order valence-electron chi connectivity index (χ0n) is 17.9. The highest BCUT2D eigenvalue weighted by atomic mass is 35.5. The van der Waals surface area contributed by atoms with Gasteiger partial charge in [-0.3, -0.25) is 15.0 Å². The molecule has 1 aromatic heterocycles. The number of aryl methyl sites for hydroxylation is 2. The van der Waals surface area contributed by atoms with Gasteiger partial charge in [-0.15, -0.1) is 12.4 Å². The number of hydrogen-bond donors (Lipinski definition) is 4. The summed E-state index contributed by atoms with van der Waals surface area (Å²) in [6.07, 6.45) is 0.0715. The van der Waals surface area contributed by atoms with Crippen molar-refractivity contribution in [2.24, 2.45) is 0 Å². The first-order valence-corrected chi connectivity index (χ1v) is 10.8. The topological polar surface area (TPSA) is 102 Å². The largest absolute Gasteiger partial charge is 0.481 e. The molecule has 3 rings (SSSR count). The second-order valence-corrected chi connectivity index (χ2v) is 8.09. The average Bonchev–Trinajstić information content (AvgIpc) is 3.17. The SMILES string of the molecule is Cc1cc(C(=O)NC(=N)c2ccc(CNCCC(=O)O)cc2)ccc1-c1cscc1C.Cl. The van der Waals surface area contributed by atoms with Crippen molar-refractivity contribution in [3.05, 3.63) is 81.0 Å². The van der Waals surface area contributed by atoms with Gasteiger partial charge >= 0.3 is 5.97 Å². The van der Waals surface area contributed by atoms with Crippen LogP contribution in [0.1, 0.15) is 39.0 Å². The first-order valence-electron chi connectivity index (χ1n) is 9.90. The van der Waals surface area contributed by atoms with Gasteiger partial charge in [0.05, 0.1) is 6.42 Å². The quantitative estimate of drug-likeness (QED) is 0.216. The van der Waals surface area contributed by atoms with Crippen molar-refractivity contribution in [1.82, 2.24) is 10.6 Å². The van der Waals surface area contributed by atoms with E-state index in [2.05, 4.69) is 28.3 Å². The summed E-state index contributed by atoms with van der Waals surface area (Å²) in [4.78, 5) is 23.2. The van der Waals surface area contributed by atoms with Gasteiger partial charge in [-0.1, -0.05) is 30.3 Å². The number of carbonyl (C=O) groups excluding carboxylic acids is 1. The minimum absolute atomic E-state index is 0. The maximum absolute atomic E-state index is 12.6. The van der Waals surface area contributed by atoms with E-state index in [9.17, 15) is 9.59 Å². The fourth-order valence-electron chi connectivity index (χ4n) is 3.22. The van der Waals surface area contributed by atoms with Crippen LogP contribution in [0.3, 0.4) is 0 Å². The van der Waals surface area contributed by atoms with Crippen molar-refractivity contribution in [3.63, 3.8) is 0 Å². The molecule has 4 N–H and O–H groups in total. The summed E-state index contributed by atoms with van der Waals surface area (Å²) >= 11 is 1.66. The second-order valence-electron chi connectivity index (χ2n) is 7.34. The Morgan fingerprint density at radius 1 is 0.969 bits per heavy atom. The maximum Gasteiger partial charge on any atom is 0.304 e. The molecular formula is C24H26ClN3O3S. The van der Waals surface area contributed by atoms with Crippen LogP contribution in [0.25, 0.3) is 11.1 Å². The van der Waals surface area contributed by atoms with E-state index in [1.54, 1.807) is 29.5 Å². The van der Waals surface area contributed by atoms with E-state index >= 15 is 0 Å². The lowest BCUT2D eigenvalue weighted by Gasteiger charge is -2.11. The summed E-state index contributed by atoms with van der Waals surface area (Å²) in [5.74, 6) is -1.12. The number of carboxylic acids is 1. The van der Waals surface area contributed by atoms with Crippen LogP contribution in [0, 0.1) is 19.3 Å². The van der Waals surface area contributed by atoms with Crippen LogP contribution in [0.2, 0.25) is 0 Å². The number of carbonyl (C=O) groups is 2. The fourth-order valence-corrected chi connectivity index (χ4v) is 4.07. The minimum atomic E-state index is -0.835. The van der Waals surface area contributed by atoms with Gasteiger partial charge in [0.2, 0.25) is 0 Å². The molecule has 32 heavy (non-hydrogen) atoms. The Labute approximate surface area is 197 Å². The third-order valence-electron chi connectivity index (χ3n) is 4.96. The van der Waals surface area contributed by atoms with Crippen LogP contribution in [-0.4, -0.2) is 29.4 Å². The molecule has 0 atom stereocenters. The van der Waals surface area contributed by atoms with Gasteiger partial charge < -0.3 is 15.7 Å². The number of benzene rings is 2. The van der Waals surface area contributed by atoms with Crippen molar-refractivity contribution in [3.8, 4) is 11.1 Å². The third-order valence-corrected chi connectivity index (χ3v) is 5.82. The normalized spacial score (nSPS) is 10.3. The number of halogens is 1. The highest BCUT2D eigenvalue weighted by Gasteiger charge is 2.13. The Balaban J connectivity index is 0.00000363. The third kappa shape index (κ3) is 6.50. The molecule has 0 saturated carbocycles. The van der Waals surface area contributed by atoms with Crippen molar-refractivity contribution in [2.75, 3.05) is 6.54 Å². The molecule has 3 aromatic rings. The van der Waals surface area contributed by atoms with Gasteiger partial charge in [0.15, 0.2) is 0 Å². The molecule has 0 fully saturated rings. The molecule has 0 spiro atoms. The lowest BCUT2D eigenvalue weighted by molar-refractivity contribution is -0.136. The number of hydrogen-bond acceptors (Lipinski definition) is 5. The molecule has 0 saturated heterocycles. The Morgan fingerprint density at radius 2 is 1.66 bits per heavy atom. The predicted octanol–water partition coefficient (Wildman–Crippen LogP) is 4.77. The molecule has 0 aliphatic heterocycles. The first-order chi connectivity index (χ1) is 14.8. The molecule has 1 amide bonds. The molecule has 1 heterocycles. The Kier molecular flexibility index (Phi) is 9.13. The van der Waals surface area contributed by atoms with Crippen LogP contribution in [-0.2, 0) is 11.3 Å². The molecule has 0 radical (unpaired) electrons. The van der Waals surface area contributed by atoms with Crippen LogP contribution < -0.4 is 10.6 Å². The van der Waals surface area contributed by atoms with Gasteiger partial charge in [0.25, 0.3) is 5.91 Å². The summed E-state index contributed by atoms with van der Waals surface area (Å²) in [7, 11) is 0. The monoisotopic (exact) mass is 471 g/mol. The van der Waals surface area contributed by atoms with E-state index in [1.165, 1.54) is 11.1 Å². The van der Waals surface area contributed by atoms with Gasteiger partial charge in [-0.2, -0.15) is 11.3 Å². The Morgan fingerprint density at radius 3 is 2.25 bits per heavy atom. The number of amidine groups is 1. The number of nitrogens with one attached hydrogen (secondary N) is 3. The summed E-state index contributed by atoms with van der Waals surface area (Å²) in [5.41, 5.74) is 6.61. The van der Waals surface area contributed by atoms with Gasteiger partial charge in [0.1, 0.15) is 5.84 Å². The molecule has 8 heteroatoms. The molecule has 0 unspecified atom stereocenters. The standard InChI is InChI=1S/C24H25N3O3S.ClH/c1-15-11-19(7-8-20(15)21-14-31-13-16(21)2)24(30)27-23(25)18-5-3-17(4-6-18)12-26-10-9-22(28)29;/h3-8,11,13-14,26H,9-10,12H2,1-2H3,(H,28,29)(H2,25,27,30);1H. The van der Waals surface area contributed by atoms with Gasteiger partial charge in [-0.25, -0.2) is 0 Å². The van der Waals surface area contributed by atoms with E-state index in [0.29, 0.717) is 24.2 Å². The van der Waals surface area contributed by atoms with Crippen LogP contribution in [0.5, 0.6) is 0 Å². The van der Waals surface area contributed by atoms with Crippen molar-refractivity contribution < 1.29 is 14.7 Å². The molecular weight excluding hydrogens is 446 g/mol. The lowest BCUT2D eigenvalue weighted by atomic mass is 9.98. The molecule has 0 bridgehead atoms. The summed E-state index contributed by atoms with van der Waals surface area (Å²) in [6, 6.07) is 12.8. The van der Waals surface area contributed by atoms with E-state index in [4.69, 9.17) is 10.5 Å². The smallest absolute Gasteiger partial charge is 0.304 e. The number of carboxylic acid groups (broad SMARTS) is 1. The number of thiophene rings is 1. The van der Waals surface area contributed by atoms with E-state index < -0.39 is 5.97 Å². The molecule has 168 valence electrons. The van der Waals surface area contributed by atoms with Crippen molar-refractivity contribution >= 4 is 41.5 Å². The lowest BCUT2D eigenvalue weighted by Crippen LogP contribution is -2.30. The Bertz CT molecular complexity index is 1110. The molecule has 0 aliphatic rings. The number of amides is 1. The summed E-state index contributed by atoms with van der Waals surface area (Å²) in [5, 5.41) is 26.8. The van der Waals surface area contributed by atoms with Crippen molar-refractivity contribution in [2.45, 2.75) is 26.8 Å². The van der Waals surface area contributed by atoms with Gasteiger partial charge in [0, 0.05) is 24.2 Å². The van der Waals surface area contributed by atoms with Crippen LogP contribution >= 0.6 is 23.7 Å². The minimum Gasteiger partial charge on any atom is -0.481 e. The van der Waals surface area contributed by atoms with Crippen LogP contribution in [0.15, 0.2) is 53.2 Å². The van der Waals surface area contributed by atoms with E-state index in [0.717, 1.165) is 16.7 Å². The number of rotatable bonds is 8. The summed E-state index contributed by atoms with van der Waals surface area (Å²) in [6.45, 7) is 5.00. The Hall–Kier alpha value is -3.00. The zero-order chi connectivity index (χ0) is 22.4. The second kappa shape index (κ2) is 11.6. The molecule has 6 nitrogen and oxygen atoms in total. The van der Waals surface area contributed by atoms with E-state index in [-0.39, 0.29) is 30.6 Å². The van der Waals surface area contributed by atoms with Crippen molar-refractivity contribution in [1.29, 1.82) is 5.41 Å². The van der Waals surface area contributed by atoms with Crippen LogP contribution in [0.4, 0.5) is 0 Å². The zero-order valence-corrected chi connectivity index (χ0v) is 19.5. The predicted molar refractivity (Wildman–Crippen MR) is 131 cm³/mol. The first kappa shape index (κ1) is 25.3. The summed E-state index contributed by atoms with van der Waals surface area (Å²) < 4.78 is 0. The van der Waals surface area contributed by atoms with E-state index in [1.807, 2.05) is 31.2 Å². The molecule has 2 aromatic carbocycles. The highest BCUT2D eigenvalue weighted by molar-refractivity contribution is 7.08. The molecule has 0 aliphatic carbocycles. The maximum atomic E-state index is 12.6. The fraction of sp³-hybridized carbons (Fsp3) is 0.208.